The Hall–Kier alpha value is -1.15. The lowest BCUT2D eigenvalue weighted by molar-refractivity contribution is 0.367. The normalized spacial score (nSPS) is 13.0. The van der Waals surface area contributed by atoms with Gasteiger partial charge in [-0.3, -0.25) is 0 Å². The fourth-order valence-corrected chi connectivity index (χ4v) is 2.77. The van der Waals surface area contributed by atoms with Gasteiger partial charge in [0.1, 0.15) is 12.4 Å². The number of alkyl halides is 1. The number of hydrogen-bond donors (Lipinski definition) is 0. The standard InChI is InChI=1S/C13H12ClIN4O/c1-7(14)13-17-10-5-9(15)3-4-11(10)19(13)6-12-16-8(2)18-20-12/h3-5,7H,6H2,1-2H3. The van der Waals surface area contributed by atoms with Gasteiger partial charge in [-0.05, 0) is 54.6 Å². The van der Waals surface area contributed by atoms with Crippen molar-refractivity contribution in [2.75, 3.05) is 0 Å². The van der Waals surface area contributed by atoms with Gasteiger partial charge in [0, 0.05) is 3.57 Å². The van der Waals surface area contributed by atoms with E-state index in [-0.39, 0.29) is 5.38 Å². The second-order valence-electron chi connectivity index (χ2n) is 4.54. The Morgan fingerprint density at radius 3 is 2.85 bits per heavy atom. The number of hydrogen-bond acceptors (Lipinski definition) is 4. The van der Waals surface area contributed by atoms with E-state index in [2.05, 4.69) is 37.7 Å². The number of fused-ring (bicyclic) bond motifs is 1. The molecule has 0 N–H and O–H groups in total. The van der Waals surface area contributed by atoms with Crippen molar-refractivity contribution in [2.24, 2.45) is 0 Å². The molecule has 2 aromatic heterocycles. The number of benzene rings is 1. The summed E-state index contributed by atoms with van der Waals surface area (Å²) in [5, 5.41) is 3.62. The number of aryl methyl sites for hydroxylation is 1. The molecule has 1 aromatic carbocycles. The first-order valence-corrected chi connectivity index (χ1v) is 7.65. The average molecular weight is 403 g/mol. The predicted molar refractivity (Wildman–Crippen MR) is 84.9 cm³/mol. The topological polar surface area (TPSA) is 56.7 Å². The molecular weight excluding hydrogens is 391 g/mol. The smallest absolute Gasteiger partial charge is 0.246 e. The van der Waals surface area contributed by atoms with Crippen LogP contribution in [-0.2, 0) is 6.54 Å². The third-order valence-electron chi connectivity index (χ3n) is 2.96. The second kappa shape index (κ2) is 5.33. The van der Waals surface area contributed by atoms with Crippen molar-refractivity contribution in [3.8, 4) is 0 Å². The molecule has 5 nitrogen and oxygen atoms in total. The highest BCUT2D eigenvalue weighted by Crippen LogP contribution is 2.26. The van der Waals surface area contributed by atoms with E-state index >= 15 is 0 Å². The molecule has 0 saturated carbocycles. The fourth-order valence-electron chi connectivity index (χ4n) is 2.13. The van der Waals surface area contributed by atoms with E-state index in [0.717, 1.165) is 20.4 Å². The highest BCUT2D eigenvalue weighted by atomic mass is 127. The highest BCUT2D eigenvalue weighted by molar-refractivity contribution is 14.1. The summed E-state index contributed by atoms with van der Waals surface area (Å²) in [7, 11) is 0. The van der Waals surface area contributed by atoms with Crippen molar-refractivity contribution < 1.29 is 4.52 Å². The van der Waals surface area contributed by atoms with Crippen LogP contribution in [0.1, 0.15) is 29.8 Å². The number of halogens is 2. The molecule has 0 aliphatic rings. The van der Waals surface area contributed by atoms with Gasteiger partial charge in [-0.1, -0.05) is 5.16 Å². The number of rotatable bonds is 3. The molecule has 1 unspecified atom stereocenters. The lowest BCUT2D eigenvalue weighted by Crippen LogP contribution is -2.06. The summed E-state index contributed by atoms with van der Waals surface area (Å²) in [5.41, 5.74) is 1.94. The van der Waals surface area contributed by atoms with Crippen LogP contribution in [0.25, 0.3) is 11.0 Å². The van der Waals surface area contributed by atoms with E-state index in [4.69, 9.17) is 16.1 Å². The minimum Gasteiger partial charge on any atom is -0.337 e. The molecule has 104 valence electrons. The second-order valence-corrected chi connectivity index (χ2v) is 6.44. The van der Waals surface area contributed by atoms with Gasteiger partial charge >= 0.3 is 0 Å². The molecule has 0 saturated heterocycles. The maximum Gasteiger partial charge on any atom is 0.246 e. The maximum atomic E-state index is 6.24. The molecule has 0 bridgehead atoms. The summed E-state index contributed by atoms with van der Waals surface area (Å²) in [6.07, 6.45) is 0. The first kappa shape index (κ1) is 13.8. The number of nitrogens with zero attached hydrogens (tertiary/aromatic N) is 4. The van der Waals surface area contributed by atoms with Gasteiger partial charge in [-0.15, -0.1) is 11.6 Å². The summed E-state index contributed by atoms with van der Waals surface area (Å²) >= 11 is 8.51. The Morgan fingerprint density at radius 2 is 2.20 bits per heavy atom. The van der Waals surface area contributed by atoms with Crippen LogP contribution in [0.4, 0.5) is 0 Å². The molecule has 0 fully saturated rings. The Balaban J connectivity index is 2.13. The Kier molecular flexibility index (Phi) is 3.68. The Labute approximate surface area is 134 Å². The molecule has 1 atom stereocenters. The molecule has 3 aromatic rings. The van der Waals surface area contributed by atoms with E-state index in [9.17, 15) is 0 Å². The van der Waals surface area contributed by atoms with E-state index in [0.29, 0.717) is 18.3 Å². The van der Waals surface area contributed by atoms with Gasteiger partial charge in [0.25, 0.3) is 0 Å². The minimum absolute atomic E-state index is 0.191. The Morgan fingerprint density at radius 1 is 1.40 bits per heavy atom. The number of aromatic nitrogens is 4. The van der Waals surface area contributed by atoms with Crippen LogP contribution >= 0.6 is 34.2 Å². The molecule has 0 radical (unpaired) electrons. The van der Waals surface area contributed by atoms with E-state index in [1.807, 2.05) is 29.7 Å². The predicted octanol–water partition coefficient (Wildman–Crippen LogP) is 3.68. The first-order chi connectivity index (χ1) is 9.54. The zero-order valence-electron chi connectivity index (χ0n) is 11.0. The average Bonchev–Trinajstić information content (AvgIpc) is 2.94. The fraction of sp³-hybridized carbons (Fsp3) is 0.308. The summed E-state index contributed by atoms with van der Waals surface area (Å²) < 4.78 is 8.36. The van der Waals surface area contributed by atoms with Crippen molar-refractivity contribution in [1.82, 2.24) is 19.7 Å². The quantitative estimate of drug-likeness (QED) is 0.495. The van der Waals surface area contributed by atoms with Crippen LogP contribution in [0.3, 0.4) is 0 Å². The highest BCUT2D eigenvalue weighted by Gasteiger charge is 2.17. The maximum absolute atomic E-state index is 6.24. The molecule has 2 heterocycles. The van der Waals surface area contributed by atoms with Crippen molar-refractivity contribution in [3.63, 3.8) is 0 Å². The van der Waals surface area contributed by atoms with Crippen molar-refractivity contribution in [3.05, 3.63) is 39.3 Å². The van der Waals surface area contributed by atoms with Crippen LogP contribution in [0.2, 0.25) is 0 Å². The molecule has 3 rings (SSSR count). The van der Waals surface area contributed by atoms with Crippen molar-refractivity contribution >= 4 is 45.2 Å². The summed E-state index contributed by atoms with van der Waals surface area (Å²) in [6.45, 7) is 4.18. The van der Waals surface area contributed by atoms with Crippen LogP contribution in [0, 0.1) is 10.5 Å². The third kappa shape index (κ3) is 2.54. The van der Waals surface area contributed by atoms with Crippen molar-refractivity contribution in [2.45, 2.75) is 25.8 Å². The molecule has 0 spiro atoms. The zero-order valence-corrected chi connectivity index (χ0v) is 13.9. The van der Waals surface area contributed by atoms with Gasteiger partial charge in [-0.25, -0.2) is 4.98 Å². The molecule has 0 aliphatic carbocycles. The summed E-state index contributed by atoms with van der Waals surface area (Å²) in [4.78, 5) is 8.85. The lowest BCUT2D eigenvalue weighted by atomic mass is 10.3. The van der Waals surface area contributed by atoms with Crippen LogP contribution in [0.5, 0.6) is 0 Å². The molecule has 0 amide bonds. The first-order valence-electron chi connectivity index (χ1n) is 6.13. The van der Waals surface area contributed by atoms with Gasteiger partial charge in [0.2, 0.25) is 5.89 Å². The van der Waals surface area contributed by atoms with Gasteiger partial charge < -0.3 is 9.09 Å². The molecule has 7 heteroatoms. The lowest BCUT2D eigenvalue weighted by Gasteiger charge is -2.07. The largest absolute Gasteiger partial charge is 0.337 e. The zero-order chi connectivity index (χ0) is 14.3. The van der Waals surface area contributed by atoms with Crippen molar-refractivity contribution in [1.29, 1.82) is 0 Å². The van der Waals surface area contributed by atoms with Gasteiger partial charge in [-0.2, -0.15) is 4.98 Å². The van der Waals surface area contributed by atoms with Gasteiger partial charge in [0.05, 0.1) is 16.4 Å². The van der Waals surface area contributed by atoms with Crippen LogP contribution in [-0.4, -0.2) is 19.7 Å². The van der Waals surface area contributed by atoms with Crippen LogP contribution < -0.4 is 0 Å². The van der Waals surface area contributed by atoms with Gasteiger partial charge in [0.15, 0.2) is 5.82 Å². The molecule has 20 heavy (non-hydrogen) atoms. The molecular formula is C13H12ClIN4O. The minimum atomic E-state index is -0.191. The Bertz CT molecular complexity index is 765. The monoisotopic (exact) mass is 402 g/mol. The molecule has 0 aliphatic heterocycles. The third-order valence-corrected chi connectivity index (χ3v) is 3.82. The van der Waals surface area contributed by atoms with Crippen LogP contribution in [0.15, 0.2) is 22.7 Å². The van der Waals surface area contributed by atoms with E-state index < -0.39 is 0 Å². The SMILES string of the molecule is Cc1noc(Cn2c(C(C)Cl)nc3cc(I)ccc32)n1. The summed E-state index contributed by atoms with van der Waals surface area (Å²) in [5.74, 6) is 1.98. The van der Waals surface area contributed by atoms with E-state index in [1.165, 1.54) is 0 Å². The number of imidazole rings is 1. The summed E-state index contributed by atoms with van der Waals surface area (Å²) in [6, 6.07) is 6.12. The van der Waals surface area contributed by atoms with E-state index in [1.54, 1.807) is 6.92 Å².